The molecule has 0 spiro atoms. The van der Waals surface area contributed by atoms with Gasteiger partial charge in [-0.1, -0.05) is 0 Å². The summed E-state index contributed by atoms with van der Waals surface area (Å²) < 4.78 is 19.0. The molecule has 3 heterocycles. The molecule has 0 aliphatic carbocycles. The van der Waals surface area contributed by atoms with E-state index in [1.807, 2.05) is 26.0 Å². The van der Waals surface area contributed by atoms with E-state index in [9.17, 15) is 0 Å². The monoisotopic (exact) mass is 304 g/mol. The average molecular weight is 304 g/mol. The van der Waals surface area contributed by atoms with Gasteiger partial charge >= 0.3 is 0 Å². The fourth-order valence-electron chi connectivity index (χ4n) is 2.28. The molecule has 1 aliphatic heterocycles. The first-order chi connectivity index (χ1) is 10.7. The molecule has 0 bridgehead atoms. The van der Waals surface area contributed by atoms with E-state index in [2.05, 4.69) is 19.7 Å². The van der Waals surface area contributed by atoms with Crippen molar-refractivity contribution >= 4 is 0 Å². The number of ether oxygens (including phenoxy) is 3. The molecule has 0 fully saturated rings. The molecule has 0 amide bonds. The van der Waals surface area contributed by atoms with Gasteiger partial charge in [0.15, 0.2) is 11.6 Å². The molecule has 0 radical (unpaired) electrons. The van der Waals surface area contributed by atoms with Crippen LogP contribution < -0.4 is 9.47 Å². The van der Waals surface area contributed by atoms with Crippen LogP contribution in [0.25, 0.3) is 0 Å². The lowest BCUT2D eigenvalue weighted by Crippen LogP contribution is -2.12. The lowest BCUT2D eigenvalue weighted by atomic mass is 10.4. The van der Waals surface area contributed by atoms with Gasteiger partial charge in [-0.2, -0.15) is 0 Å². The Morgan fingerprint density at radius 3 is 3.09 bits per heavy atom. The summed E-state index contributed by atoms with van der Waals surface area (Å²) in [5.74, 6) is 2.84. The summed E-state index contributed by atoms with van der Waals surface area (Å²) in [4.78, 5) is 4.21. The highest BCUT2D eigenvalue weighted by atomic mass is 16.5. The predicted molar refractivity (Wildman–Crippen MR) is 78.9 cm³/mol. The molecular weight excluding hydrogens is 284 g/mol. The van der Waals surface area contributed by atoms with Crippen LogP contribution in [0.3, 0.4) is 0 Å². The molecule has 0 saturated heterocycles. The second kappa shape index (κ2) is 6.74. The molecule has 0 atom stereocenters. The zero-order chi connectivity index (χ0) is 15.4. The minimum atomic E-state index is 0.0405. The van der Waals surface area contributed by atoms with E-state index < -0.39 is 0 Å². The van der Waals surface area contributed by atoms with Crippen LogP contribution in [0.2, 0.25) is 0 Å². The lowest BCUT2D eigenvalue weighted by molar-refractivity contribution is 0.138. The zero-order valence-electron chi connectivity index (χ0n) is 12.9. The molecule has 118 valence electrons. The lowest BCUT2D eigenvalue weighted by Gasteiger charge is -2.13. The molecule has 0 aromatic carbocycles. The first-order valence-corrected chi connectivity index (χ1v) is 7.47. The van der Waals surface area contributed by atoms with Gasteiger partial charge in [-0.15, -0.1) is 10.2 Å². The van der Waals surface area contributed by atoms with Gasteiger partial charge in [0.2, 0.25) is 0 Å². The Hall–Kier alpha value is -2.15. The van der Waals surface area contributed by atoms with Crippen LogP contribution in [0.5, 0.6) is 11.6 Å². The zero-order valence-corrected chi connectivity index (χ0v) is 12.9. The topological polar surface area (TPSA) is 71.3 Å². The van der Waals surface area contributed by atoms with Crippen LogP contribution in [0.4, 0.5) is 0 Å². The quantitative estimate of drug-likeness (QED) is 0.836. The van der Waals surface area contributed by atoms with Crippen molar-refractivity contribution in [3.8, 4) is 11.6 Å². The maximum Gasteiger partial charge on any atom is 0.257 e. The maximum atomic E-state index is 5.84. The Balaban J connectivity index is 1.72. The number of fused-ring (bicyclic) bond motifs is 1. The molecular formula is C15H20N4O3. The Bertz CT molecular complexity index is 627. The number of aromatic nitrogens is 4. The van der Waals surface area contributed by atoms with E-state index in [-0.39, 0.29) is 6.10 Å². The first kappa shape index (κ1) is 14.8. The van der Waals surface area contributed by atoms with Crippen LogP contribution in [0, 0.1) is 0 Å². The summed E-state index contributed by atoms with van der Waals surface area (Å²) >= 11 is 0. The largest absolute Gasteiger partial charge is 0.480 e. The normalized spacial score (nSPS) is 14.5. The van der Waals surface area contributed by atoms with Gasteiger partial charge < -0.3 is 18.8 Å². The average Bonchev–Trinajstić information content (AvgIpc) is 2.73. The molecule has 0 unspecified atom stereocenters. The smallest absolute Gasteiger partial charge is 0.257 e. The molecule has 0 N–H and O–H groups in total. The predicted octanol–water partition coefficient (Wildman–Crippen LogP) is 1.61. The van der Waals surface area contributed by atoms with Crippen LogP contribution in [0.15, 0.2) is 18.3 Å². The number of nitrogens with zero attached hydrogens (tertiary/aromatic N) is 4. The summed E-state index contributed by atoms with van der Waals surface area (Å²) in [6, 6.07) is 3.66. The molecule has 1 aliphatic rings. The van der Waals surface area contributed by atoms with Crippen LogP contribution in [-0.4, -0.2) is 39.1 Å². The molecule has 7 heteroatoms. The van der Waals surface area contributed by atoms with E-state index in [1.165, 1.54) is 0 Å². The van der Waals surface area contributed by atoms with Crippen LogP contribution in [0.1, 0.15) is 25.5 Å². The Morgan fingerprint density at radius 2 is 2.23 bits per heavy atom. The number of rotatable bonds is 5. The third-order valence-corrected chi connectivity index (χ3v) is 3.27. The summed E-state index contributed by atoms with van der Waals surface area (Å²) in [7, 11) is 0. The van der Waals surface area contributed by atoms with E-state index >= 15 is 0 Å². The highest BCUT2D eigenvalue weighted by Crippen LogP contribution is 2.25. The van der Waals surface area contributed by atoms with Crippen molar-refractivity contribution in [3.63, 3.8) is 0 Å². The molecule has 0 saturated carbocycles. The third-order valence-electron chi connectivity index (χ3n) is 3.27. The fraction of sp³-hybridized carbons (Fsp3) is 0.533. The molecule has 2 aromatic rings. The molecule has 22 heavy (non-hydrogen) atoms. The summed E-state index contributed by atoms with van der Waals surface area (Å²) in [5.41, 5.74) is 0. The van der Waals surface area contributed by atoms with Gasteiger partial charge in [0.25, 0.3) is 5.88 Å². The standard InChI is InChI=1S/C15H20N4O3/c1-11(2)22-15-12(4-3-6-16-15)21-10-14-18-17-13-5-8-20-9-7-19(13)14/h3-4,6,11H,5,7-10H2,1-2H3. The van der Waals surface area contributed by atoms with E-state index in [4.69, 9.17) is 14.2 Å². The second-order valence-electron chi connectivity index (χ2n) is 5.31. The maximum absolute atomic E-state index is 5.84. The minimum Gasteiger partial charge on any atom is -0.480 e. The van der Waals surface area contributed by atoms with Crippen molar-refractivity contribution < 1.29 is 14.2 Å². The SMILES string of the molecule is CC(C)Oc1ncccc1OCc1nnc2n1CCOCC2. The van der Waals surface area contributed by atoms with Gasteiger partial charge in [0.05, 0.1) is 19.3 Å². The van der Waals surface area contributed by atoms with Crippen LogP contribution >= 0.6 is 0 Å². The van der Waals surface area contributed by atoms with Gasteiger partial charge in [0, 0.05) is 19.2 Å². The first-order valence-electron chi connectivity index (χ1n) is 7.47. The van der Waals surface area contributed by atoms with Gasteiger partial charge in [-0.3, -0.25) is 0 Å². The number of pyridine rings is 1. The van der Waals surface area contributed by atoms with Crippen molar-refractivity contribution in [2.45, 2.75) is 39.5 Å². The Labute approximate surface area is 129 Å². The van der Waals surface area contributed by atoms with Crippen molar-refractivity contribution in [3.05, 3.63) is 30.0 Å². The van der Waals surface area contributed by atoms with Crippen molar-refractivity contribution in [2.24, 2.45) is 0 Å². The van der Waals surface area contributed by atoms with E-state index in [0.29, 0.717) is 31.5 Å². The molecule has 3 rings (SSSR count). The Morgan fingerprint density at radius 1 is 1.32 bits per heavy atom. The summed E-state index contributed by atoms with van der Waals surface area (Å²) in [5, 5.41) is 8.42. The van der Waals surface area contributed by atoms with Gasteiger partial charge in [-0.05, 0) is 26.0 Å². The minimum absolute atomic E-state index is 0.0405. The van der Waals surface area contributed by atoms with Crippen molar-refractivity contribution in [1.29, 1.82) is 0 Å². The highest BCUT2D eigenvalue weighted by molar-refractivity contribution is 5.32. The number of hydrogen-bond acceptors (Lipinski definition) is 6. The van der Waals surface area contributed by atoms with Crippen LogP contribution in [-0.2, 0) is 24.3 Å². The fourth-order valence-corrected chi connectivity index (χ4v) is 2.28. The second-order valence-corrected chi connectivity index (χ2v) is 5.31. The van der Waals surface area contributed by atoms with Gasteiger partial charge in [0.1, 0.15) is 12.4 Å². The van der Waals surface area contributed by atoms with Crippen molar-refractivity contribution in [1.82, 2.24) is 19.7 Å². The van der Waals surface area contributed by atoms with E-state index in [1.54, 1.807) is 6.20 Å². The number of hydrogen-bond donors (Lipinski definition) is 0. The van der Waals surface area contributed by atoms with Gasteiger partial charge in [-0.25, -0.2) is 4.98 Å². The molecule has 2 aromatic heterocycles. The third kappa shape index (κ3) is 3.36. The van der Waals surface area contributed by atoms with Crippen molar-refractivity contribution in [2.75, 3.05) is 13.2 Å². The summed E-state index contributed by atoms with van der Waals surface area (Å²) in [6.45, 7) is 6.35. The summed E-state index contributed by atoms with van der Waals surface area (Å²) in [6.07, 6.45) is 2.51. The highest BCUT2D eigenvalue weighted by Gasteiger charge is 2.16. The van der Waals surface area contributed by atoms with E-state index in [0.717, 1.165) is 24.6 Å². The Kier molecular flexibility index (Phi) is 4.53. The molecule has 7 nitrogen and oxygen atoms in total.